The van der Waals surface area contributed by atoms with Crippen molar-refractivity contribution < 1.29 is 5.11 Å². The van der Waals surface area contributed by atoms with E-state index in [9.17, 15) is 5.11 Å². The molecule has 0 aliphatic rings. The molecule has 0 spiro atoms. The molecule has 4 aromatic rings. The molecule has 0 aliphatic heterocycles. The lowest BCUT2D eigenvalue weighted by Gasteiger charge is -2.16. The first-order chi connectivity index (χ1) is 12.8. The van der Waals surface area contributed by atoms with Gasteiger partial charge >= 0.3 is 0 Å². The van der Waals surface area contributed by atoms with E-state index in [1.54, 1.807) is 23.9 Å². The van der Waals surface area contributed by atoms with Crippen molar-refractivity contribution in [2.45, 2.75) is 12.5 Å². The second kappa shape index (κ2) is 7.59. The van der Waals surface area contributed by atoms with Crippen LogP contribution in [0.4, 0.5) is 5.82 Å². The average Bonchev–Trinajstić information content (AvgIpc) is 3.14. The van der Waals surface area contributed by atoms with Gasteiger partial charge in [0.05, 0.1) is 18.0 Å². The molecular formula is C20H18N4OS. The summed E-state index contributed by atoms with van der Waals surface area (Å²) in [6.45, 7) is -0.00223. The molecule has 0 saturated carbocycles. The van der Waals surface area contributed by atoms with E-state index in [1.165, 1.54) is 0 Å². The number of anilines is 1. The minimum atomic E-state index is -0.164. The lowest BCUT2D eigenvalue weighted by atomic mass is 10.1. The zero-order valence-corrected chi connectivity index (χ0v) is 14.9. The molecule has 5 nitrogen and oxygen atoms in total. The molecule has 3 heterocycles. The number of aromatic nitrogens is 3. The van der Waals surface area contributed by atoms with Gasteiger partial charge in [-0.2, -0.15) is 0 Å². The Morgan fingerprint density at radius 2 is 1.85 bits per heavy atom. The number of aliphatic hydroxyl groups excluding tert-OH is 1. The lowest BCUT2D eigenvalue weighted by molar-refractivity contribution is 0.273. The quantitative estimate of drug-likeness (QED) is 0.546. The Hall–Kier alpha value is -2.83. The first-order valence-corrected chi connectivity index (χ1v) is 9.22. The van der Waals surface area contributed by atoms with E-state index in [0.717, 1.165) is 32.2 Å². The van der Waals surface area contributed by atoms with E-state index < -0.39 is 0 Å². The Morgan fingerprint density at radius 3 is 2.62 bits per heavy atom. The maximum atomic E-state index is 9.77. The molecule has 1 atom stereocenters. The molecule has 26 heavy (non-hydrogen) atoms. The number of hydrogen-bond acceptors (Lipinski definition) is 6. The van der Waals surface area contributed by atoms with E-state index in [4.69, 9.17) is 0 Å². The van der Waals surface area contributed by atoms with Crippen molar-refractivity contribution in [2.24, 2.45) is 0 Å². The van der Waals surface area contributed by atoms with E-state index >= 15 is 0 Å². The van der Waals surface area contributed by atoms with Crippen LogP contribution in [0, 0.1) is 0 Å². The number of rotatable bonds is 6. The third kappa shape index (κ3) is 3.56. The van der Waals surface area contributed by atoms with Crippen LogP contribution >= 0.6 is 11.3 Å². The summed E-state index contributed by atoms with van der Waals surface area (Å²) in [6, 6.07) is 18.0. The fourth-order valence-electron chi connectivity index (χ4n) is 2.84. The molecule has 0 unspecified atom stereocenters. The average molecular weight is 362 g/mol. The van der Waals surface area contributed by atoms with Crippen LogP contribution in [0.1, 0.15) is 5.69 Å². The Balaban J connectivity index is 1.62. The van der Waals surface area contributed by atoms with Crippen LogP contribution in [-0.4, -0.2) is 32.7 Å². The van der Waals surface area contributed by atoms with Crippen molar-refractivity contribution in [2.75, 3.05) is 11.9 Å². The van der Waals surface area contributed by atoms with Crippen molar-refractivity contribution >= 4 is 27.4 Å². The first kappa shape index (κ1) is 16.6. The molecule has 3 aromatic heterocycles. The third-order valence-electron chi connectivity index (χ3n) is 4.13. The van der Waals surface area contributed by atoms with Gasteiger partial charge < -0.3 is 10.4 Å². The van der Waals surface area contributed by atoms with Crippen molar-refractivity contribution in [3.05, 3.63) is 72.8 Å². The first-order valence-electron chi connectivity index (χ1n) is 8.41. The third-order valence-corrected chi connectivity index (χ3v) is 5.22. The zero-order valence-electron chi connectivity index (χ0n) is 14.0. The van der Waals surface area contributed by atoms with E-state index in [1.807, 2.05) is 36.4 Å². The van der Waals surface area contributed by atoms with Gasteiger partial charge in [0.2, 0.25) is 0 Å². The molecule has 130 valence electrons. The summed E-state index contributed by atoms with van der Waals surface area (Å²) >= 11 is 1.64. The number of thiophene rings is 1. The van der Waals surface area contributed by atoms with Gasteiger partial charge in [0, 0.05) is 23.2 Å². The fraction of sp³-hybridized carbons (Fsp3) is 0.150. The number of fused-ring (bicyclic) bond motifs is 1. The highest BCUT2D eigenvalue weighted by Gasteiger charge is 2.14. The Bertz CT molecular complexity index is 989. The molecule has 6 heteroatoms. The Morgan fingerprint density at radius 1 is 1.00 bits per heavy atom. The second-order valence-electron chi connectivity index (χ2n) is 5.97. The predicted molar refractivity (Wildman–Crippen MR) is 105 cm³/mol. The highest BCUT2D eigenvalue weighted by Crippen LogP contribution is 2.35. The van der Waals surface area contributed by atoms with Crippen LogP contribution in [-0.2, 0) is 6.42 Å². The molecule has 4 rings (SSSR count). The number of pyridine rings is 1. The normalized spacial score (nSPS) is 12.2. The summed E-state index contributed by atoms with van der Waals surface area (Å²) in [4.78, 5) is 15.2. The van der Waals surface area contributed by atoms with Gasteiger partial charge in [0.25, 0.3) is 0 Å². The van der Waals surface area contributed by atoms with Crippen molar-refractivity contribution in [1.82, 2.24) is 15.0 Å². The molecule has 0 bridgehead atoms. The van der Waals surface area contributed by atoms with Crippen LogP contribution in [0.25, 0.3) is 20.7 Å². The summed E-state index contributed by atoms with van der Waals surface area (Å²) in [5, 5.41) is 14.1. The van der Waals surface area contributed by atoms with Gasteiger partial charge in [0.15, 0.2) is 0 Å². The summed E-state index contributed by atoms with van der Waals surface area (Å²) in [6.07, 6.45) is 3.95. The highest BCUT2D eigenvalue weighted by atomic mass is 32.1. The minimum Gasteiger partial charge on any atom is -0.394 e. The monoisotopic (exact) mass is 362 g/mol. The summed E-state index contributed by atoms with van der Waals surface area (Å²) in [7, 11) is 0. The maximum absolute atomic E-state index is 9.77. The highest BCUT2D eigenvalue weighted by molar-refractivity contribution is 7.21. The molecule has 1 aromatic carbocycles. The van der Waals surface area contributed by atoms with E-state index in [2.05, 4.69) is 38.5 Å². The van der Waals surface area contributed by atoms with Gasteiger partial charge in [-0.05, 0) is 23.8 Å². The van der Waals surface area contributed by atoms with E-state index in [-0.39, 0.29) is 12.6 Å². The number of hydrogen-bond donors (Lipinski definition) is 2. The second-order valence-corrected chi connectivity index (χ2v) is 7.00. The zero-order chi connectivity index (χ0) is 17.8. The molecular weight excluding hydrogens is 344 g/mol. The molecule has 0 saturated heterocycles. The van der Waals surface area contributed by atoms with Crippen molar-refractivity contribution in [3.63, 3.8) is 0 Å². The number of nitrogens with zero attached hydrogens (tertiary/aromatic N) is 3. The van der Waals surface area contributed by atoms with Crippen LogP contribution in [0.5, 0.6) is 0 Å². The van der Waals surface area contributed by atoms with Gasteiger partial charge in [-0.1, -0.05) is 36.4 Å². The Labute approximate surface area is 155 Å². The predicted octanol–water partition coefficient (Wildman–Crippen LogP) is 3.77. The summed E-state index contributed by atoms with van der Waals surface area (Å²) < 4.78 is 0. The van der Waals surface area contributed by atoms with Crippen LogP contribution < -0.4 is 5.32 Å². The molecule has 0 amide bonds. The van der Waals surface area contributed by atoms with Crippen LogP contribution in [0.3, 0.4) is 0 Å². The number of aliphatic hydroxyl groups is 1. The van der Waals surface area contributed by atoms with Gasteiger partial charge in [0.1, 0.15) is 17.0 Å². The smallest absolute Gasteiger partial charge is 0.138 e. The summed E-state index contributed by atoms with van der Waals surface area (Å²) in [5.41, 5.74) is 2.09. The van der Waals surface area contributed by atoms with Crippen LogP contribution in [0.2, 0.25) is 0 Å². The topological polar surface area (TPSA) is 70.9 Å². The van der Waals surface area contributed by atoms with Crippen molar-refractivity contribution in [3.8, 4) is 10.4 Å². The molecule has 0 aliphatic carbocycles. The summed E-state index contributed by atoms with van der Waals surface area (Å²) in [5.74, 6) is 0.739. The van der Waals surface area contributed by atoms with Gasteiger partial charge in [-0.3, -0.25) is 4.98 Å². The number of benzene rings is 1. The molecule has 0 radical (unpaired) electrons. The fourth-order valence-corrected chi connectivity index (χ4v) is 3.85. The largest absolute Gasteiger partial charge is 0.394 e. The van der Waals surface area contributed by atoms with Gasteiger partial charge in [-0.15, -0.1) is 11.3 Å². The molecule has 2 N–H and O–H groups in total. The number of nitrogens with one attached hydrogen (secondary N) is 1. The van der Waals surface area contributed by atoms with E-state index in [0.29, 0.717) is 6.42 Å². The molecule has 0 fully saturated rings. The van der Waals surface area contributed by atoms with Crippen molar-refractivity contribution in [1.29, 1.82) is 0 Å². The SMILES string of the molecule is OC[C@@H](Cc1ccccn1)Nc1ncnc2sc(-c3ccccc3)cc12. The minimum absolute atomic E-state index is 0.00223. The Kier molecular flexibility index (Phi) is 4.86. The lowest BCUT2D eigenvalue weighted by Crippen LogP contribution is -2.27. The standard InChI is InChI=1S/C20H18N4OS/c25-12-16(10-15-8-4-5-9-21-15)24-19-17-11-18(14-6-2-1-3-7-14)26-20(17)23-13-22-19/h1-9,11,13,16,25H,10,12H2,(H,22,23,24)/t16-/m1/s1. The van der Waals surface area contributed by atoms with Gasteiger partial charge in [-0.25, -0.2) is 9.97 Å². The maximum Gasteiger partial charge on any atom is 0.138 e. The van der Waals surface area contributed by atoms with Crippen LogP contribution in [0.15, 0.2) is 67.1 Å².